The maximum absolute atomic E-state index is 14.8. The van der Waals surface area contributed by atoms with E-state index in [2.05, 4.69) is 41.5 Å². The molecule has 1 aromatic carbocycles. The Morgan fingerprint density at radius 1 is 0.806 bits per heavy atom. The maximum Gasteiger partial charge on any atom is 0.363 e. The smallest absolute Gasteiger partial charge is 0.363 e. The molecule has 0 amide bonds. The molecule has 8 atom stereocenters. The molecular weight excluding hydrogens is 475 g/mol. The van der Waals surface area contributed by atoms with Crippen molar-refractivity contribution in [3.63, 3.8) is 0 Å². The molecule has 1 unspecified atom stereocenters. The molecule has 0 aliphatic heterocycles. The van der Waals surface area contributed by atoms with E-state index in [1.807, 2.05) is 0 Å². The highest BCUT2D eigenvalue weighted by molar-refractivity contribution is 7.54. The van der Waals surface area contributed by atoms with E-state index in [-0.39, 0.29) is 24.0 Å². The van der Waals surface area contributed by atoms with Crippen molar-refractivity contribution < 1.29 is 28.2 Å². The van der Waals surface area contributed by atoms with Gasteiger partial charge < -0.3 is 23.6 Å². The number of hydrogen-bond acceptors (Lipinski definition) is 6. The van der Waals surface area contributed by atoms with Gasteiger partial charge in [-0.3, -0.25) is 4.57 Å². The zero-order valence-electron chi connectivity index (χ0n) is 23.6. The van der Waals surface area contributed by atoms with Crippen LogP contribution < -0.4 is 9.47 Å². The molecule has 0 aromatic heterocycles. The quantitative estimate of drug-likeness (QED) is 0.314. The van der Waals surface area contributed by atoms with Crippen LogP contribution in [0, 0.1) is 35.5 Å². The predicted molar refractivity (Wildman–Crippen MR) is 145 cm³/mol. The molecule has 2 aliphatic rings. The lowest BCUT2D eigenvalue weighted by Crippen LogP contribution is -2.37. The SMILES string of the molecule is COc1ccc([C@H](O)P(=O)(O[C@@H]2C[C@H](C)CC[C@@H]2C(C)C)O[C@@H]2C[C@@H](C)CC[C@@H]2C(C)C)cc1OC. The average Bonchev–Trinajstić information content (AvgIpc) is 2.82. The zero-order valence-corrected chi connectivity index (χ0v) is 24.5. The molecule has 6 nitrogen and oxygen atoms in total. The molecule has 3 rings (SSSR count). The third-order valence-electron chi connectivity index (χ3n) is 8.49. The molecule has 0 bridgehead atoms. The minimum atomic E-state index is -3.97. The highest BCUT2D eigenvalue weighted by Crippen LogP contribution is 2.64. The Kier molecular flexibility index (Phi) is 10.4. The Hall–Kier alpha value is -1.07. The van der Waals surface area contributed by atoms with Gasteiger partial charge in [-0.1, -0.05) is 60.5 Å². The molecule has 2 saturated carbocycles. The zero-order chi connectivity index (χ0) is 26.6. The predicted octanol–water partition coefficient (Wildman–Crippen LogP) is 7.84. The van der Waals surface area contributed by atoms with Crippen LogP contribution in [0.3, 0.4) is 0 Å². The van der Waals surface area contributed by atoms with Gasteiger partial charge in [-0.2, -0.15) is 0 Å². The van der Waals surface area contributed by atoms with E-state index in [0.717, 1.165) is 38.5 Å². The third-order valence-corrected chi connectivity index (χ3v) is 10.5. The van der Waals surface area contributed by atoms with Gasteiger partial charge in [0.15, 0.2) is 17.3 Å². The van der Waals surface area contributed by atoms with E-state index in [0.29, 0.717) is 40.7 Å². The lowest BCUT2D eigenvalue weighted by molar-refractivity contribution is -0.0154. The molecule has 0 radical (unpaired) electrons. The maximum atomic E-state index is 14.8. The first-order valence-corrected chi connectivity index (χ1v) is 15.5. The summed E-state index contributed by atoms with van der Waals surface area (Å²) < 4.78 is 38.7. The van der Waals surface area contributed by atoms with Crippen molar-refractivity contribution in [2.75, 3.05) is 14.2 Å². The van der Waals surface area contributed by atoms with Crippen molar-refractivity contribution in [3.8, 4) is 11.5 Å². The van der Waals surface area contributed by atoms with Gasteiger partial charge in [0.1, 0.15) is 0 Å². The van der Waals surface area contributed by atoms with Crippen LogP contribution in [0.25, 0.3) is 0 Å². The van der Waals surface area contributed by atoms with Crippen molar-refractivity contribution in [2.45, 2.75) is 98.1 Å². The Labute approximate surface area is 219 Å². The average molecular weight is 525 g/mol. The molecule has 1 aromatic rings. The first-order chi connectivity index (χ1) is 17.0. The second-order valence-corrected chi connectivity index (χ2v) is 14.0. The van der Waals surface area contributed by atoms with Gasteiger partial charge >= 0.3 is 7.60 Å². The summed E-state index contributed by atoms with van der Waals surface area (Å²) in [6.07, 6.45) is 5.56. The van der Waals surface area contributed by atoms with Crippen LogP contribution in [0.2, 0.25) is 0 Å². The van der Waals surface area contributed by atoms with E-state index in [1.54, 1.807) is 32.4 Å². The van der Waals surface area contributed by atoms with Crippen LogP contribution in [0.1, 0.15) is 91.5 Å². The number of ether oxygens (including phenoxy) is 2. The summed E-state index contributed by atoms with van der Waals surface area (Å²) in [5.41, 5.74) is 0.450. The summed E-state index contributed by atoms with van der Waals surface area (Å²) in [4.78, 5) is 0. The first kappa shape index (κ1) is 29.5. The fraction of sp³-hybridized carbons (Fsp3) is 0.793. The van der Waals surface area contributed by atoms with Crippen molar-refractivity contribution in [2.24, 2.45) is 35.5 Å². The normalized spacial score (nSPS) is 31.8. The second kappa shape index (κ2) is 12.7. The summed E-state index contributed by atoms with van der Waals surface area (Å²) >= 11 is 0. The van der Waals surface area contributed by atoms with E-state index in [4.69, 9.17) is 18.5 Å². The van der Waals surface area contributed by atoms with Gasteiger partial charge in [-0.15, -0.1) is 0 Å². The van der Waals surface area contributed by atoms with Crippen LogP contribution in [0.15, 0.2) is 18.2 Å². The minimum absolute atomic E-state index is 0.215. The summed E-state index contributed by atoms with van der Waals surface area (Å²) in [7, 11) is -0.854. The molecule has 36 heavy (non-hydrogen) atoms. The summed E-state index contributed by atoms with van der Waals surface area (Å²) in [6.45, 7) is 13.2. The summed E-state index contributed by atoms with van der Waals surface area (Å²) in [5, 5.41) is 11.7. The number of methoxy groups -OCH3 is 2. The number of aliphatic hydroxyl groups is 1. The van der Waals surface area contributed by atoms with Crippen molar-refractivity contribution in [1.29, 1.82) is 0 Å². The van der Waals surface area contributed by atoms with Crippen molar-refractivity contribution >= 4 is 7.60 Å². The Balaban J connectivity index is 2.00. The van der Waals surface area contributed by atoms with Gasteiger partial charge in [0, 0.05) is 0 Å². The second-order valence-electron chi connectivity index (χ2n) is 12.0. The van der Waals surface area contributed by atoms with Crippen LogP contribution in [0.4, 0.5) is 0 Å². The van der Waals surface area contributed by atoms with Gasteiger partial charge in [0.25, 0.3) is 0 Å². The number of hydrogen-bond donors (Lipinski definition) is 1. The van der Waals surface area contributed by atoms with E-state index in [1.165, 1.54) is 0 Å². The summed E-state index contributed by atoms with van der Waals surface area (Å²) in [6, 6.07) is 5.12. The topological polar surface area (TPSA) is 74.2 Å². The highest BCUT2D eigenvalue weighted by Gasteiger charge is 2.46. The van der Waals surface area contributed by atoms with Crippen molar-refractivity contribution in [3.05, 3.63) is 23.8 Å². The number of aliphatic hydroxyl groups excluding tert-OH is 1. The van der Waals surface area contributed by atoms with E-state index >= 15 is 0 Å². The fourth-order valence-corrected chi connectivity index (χ4v) is 8.23. The van der Waals surface area contributed by atoms with E-state index in [9.17, 15) is 9.67 Å². The Bertz CT molecular complexity index is 849. The highest BCUT2D eigenvalue weighted by atomic mass is 31.2. The molecule has 0 saturated heterocycles. The molecular formula is C29H49O6P. The number of rotatable bonds is 10. The van der Waals surface area contributed by atoms with Crippen LogP contribution in [0.5, 0.6) is 11.5 Å². The standard InChI is InChI=1S/C29H49O6P/c1-18(2)23-12-9-20(5)15-26(23)34-36(31,35-27-16-21(6)10-13-24(27)19(3)4)29(30)22-11-14-25(32-7)28(17-22)33-8/h11,14,17-21,23-24,26-27,29-30H,9-10,12-13,15-16H2,1-8H3/t20-,21+,23-,24-,26-,27-,29-,36?/m1/s1. The molecule has 2 aliphatic carbocycles. The molecule has 7 heteroatoms. The fourth-order valence-electron chi connectivity index (χ4n) is 6.19. The van der Waals surface area contributed by atoms with E-state index < -0.39 is 13.4 Å². The summed E-state index contributed by atoms with van der Waals surface area (Å²) in [5.74, 6) is 1.92. The van der Waals surface area contributed by atoms with Crippen molar-refractivity contribution in [1.82, 2.24) is 0 Å². The molecule has 0 heterocycles. The molecule has 1 N–H and O–H groups in total. The lowest BCUT2D eigenvalue weighted by Gasteiger charge is -2.42. The first-order valence-electron chi connectivity index (χ1n) is 13.9. The van der Waals surface area contributed by atoms with Crippen LogP contribution in [-0.4, -0.2) is 31.5 Å². The Morgan fingerprint density at radius 3 is 1.69 bits per heavy atom. The molecule has 206 valence electrons. The monoisotopic (exact) mass is 524 g/mol. The third kappa shape index (κ3) is 6.87. The lowest BCUT2D eigenvalue weighted by atomic mass is 9.75. The van der Waals surface area contributed by atoms with Gasteiger partial charge in [-0.05, 0) is 78.9 Å². The van der Waals surface area contributed by atoms with Gasteiger partial charge in [0.2, 0.25) is 0 Å². The molecule has 0 spiro atoms. The molecule has 2 fully saturated rings. The van der Waals surface area contributed by atoms with Gasteiger partial charge in [-0.25, -0.2) is 0 Å². The van der Waals surface area contributed by atoms with Crippen LogP contribution in [-0.2, 0) is 13.6 Å². The van der Waals surface area contributed by atoms with Crippen LogP contribution >= 0.6 is 7.60 Å². The Morgan fingerprint density at radius 2 is 1.28 bits per heavy atom. The number of benzene rings is 1. The van der Waals surface area contributed by atoms with Gasteiger partial charge in [0.05, 0.1) is 26.4 Å². The largest absolute Gasteiger partial charge is 0.493 e. The minimum Gasteiger partial charge on any atom is -0.493 e.